The summed E-state index contributed by atoms with van der Waals surface area (Å²) in [7, 11) is 1.61. The molecule has 0 radical (unpaired) electrons. The number of hydrogen-bond acceptors (Lipinski definition) is 8. The van der Waals surface area contributed by atoms with Crippen molar-refractivity contribution >= 4 is 28.2 Å². The average Bonchev–Trinajstić information content (AvgIpc) is 2.87. The Kier molecular flexibility index (Phi) is 7.86. The highest BCUT2D eigenvalue weighted by Gasteiger charge is 2.23. The normalized spacial score (nSPS) is 15.6. The van der Waals surface area contributed by atoms with Crippen molar-refractivity contribution in [2.75, 3.05) is 38.6 Å². The second-order valence-electron chi connectivity index (χ2n) is 8.61. The second kappa shape index (κ2) is 11.2. The molecule has 0 saturated carbocycles. The van der Waals surface area contributed by atoms with Crippen LogP contribution in [0.2, 0.25) is 0 Å². The van der Waals surface area contributed by atoms with Crippen LogP contribution < -0.4 is 15.4 Å². The summed E-state index contributed by atoms with van der Waals surface area (Å²) in [6.07, 6.45) is 2.75. The molecule has 2 aromatic carbocycles. The lowest BCUT2D eigenvalue weighted by Crippen LogP contribution is -2.45. The number of likely N-dealkylation sites (tertiary alicyclic amines) is 1. The monoisotopic (exact) mass is 479 g/mol. The quantitative estimate of drug-likeness (QED) is 0.316. The Balaban J connectivity index is 1.25. The maximum Gasteiger partial charge on any atom is 0.271 e. The van der Waals surface area contributed by atoms with Crippen molar-refractivity contribution in [2.24, 2.45) is 0 Å². The molecule has 184 valence electrons. The van der Waals surface area contributed by atoms with Crippen molar-refractivity contribution in [2.45, 2.75) is 25.0 Å². The third-order valence-electron chi connectivity index (χ3n) is 6.25. The SMILES string of the molecule is COc1ccc2nccc([C@@H](O)CN3CCC(NCC(=O)Nc4cccc([N+](=O)[O-])c4)CC3)c2c1. The number of carbonyl (C=O) groups is 1. The molecular formula is C25H29N5O5. The highest BCUT2D eigenvalue weighted by atomic mass is 16.6. The number of aromatic nitrogens is 1. The Hall–Kier alpha value is -3.60. The summed E-state index contributed by atoms with van der Waals surface area (Å²) in [4.78, 5) is 29.2. The Bertz CT molecular complexity index is 1200. The number of nitrogens with zero attached hydrogens (tertiary/aromatic N) is 3. The van der Waals surface area contributed by atoms with Gasteiger partial charge in [-0.25, -0.2) is 0 Å². The number of nitrogens with one attached hydrogen (secondary N) is 2. The van der Waals surface area contributed by atoms with Gasteiger partial charge in [0.05, 0.1) is 30.2 Å². The fourth-order valence-electron chi connectivity index (χ4n) is 4.37. The fraction of sp³-hybridized carbons (Fsp3) is 0.360. The highest BCUT2D eigenvalue weighted by molar-refractivity contribution is 5.92. The van der Waals surface area contributed by atoms with Crippen molar-refractivity contribution in [1.82, 2.24) is 15.2 Å². The van der Waals surface area contributed by atoms with E-state index in [0.717, 1.165) is 48.1 Å². The summed E-state index contributed by atoms with van der Waals surface area (Å²) >= 11 is 0. The van der Waals surface area contributed by atoms with Gasteiger partial charge in [0.15, 0.2) is 0 Å². The molecule has 4 rings (SSSR count). The number of benzene rings is 2. The summed E-state index contributed by atoms with van der Waals surface area (Å²) in [5.74, 6) is 0.476. The number of aliphatic hydroxyl groups is 1. The van der Waals surface area contributed by atoms with E-state index >= 15 is 0 Å². The third-order valence-corrected chi connectivity index (χ3v) is 6.25. The van der Waals surface area contributed by atoms with Crippen LogP contribution >= 0.6 is 0 Å². The van der Waals surface area contributed by atoms with E-state index in [1.54, 1.807) is 19.4 Å². The Morgan fingerprint density at radius 3 is 2.80 bits per heavy atom. The van der Waals surface area contributed by atoms with Crippen LogP contribution in [0.5, 0.6) is 5.75 Å². The number of non-ortho nitro benzene ring substituents is 1. The molecule has 0 bridgehead atoms. The molecule has 0 unspecified atom stereocenters. The number of fused-ring (bicyclic) bond motifs is 1. The number of methoxy groups -OCH3 is 1. The average molecular weight is 480 g/mol. The first-order chi connectivity index (χ1) is 16.9. The molecular weight excluding hydrogens is 450 g/mol. The van der Waals surface area contributed by atoms with E-state index in [0.29, 0.717) is 12.2 Å². The van der Waals surface area contributed by atoms with Crippen molar-refractivity contribution in [1.29, 1.82) is 0 Å². The lowest BCUT2D eigenvalue weighted by molar-refractivity contribution is -0.384. The van der Waals surface area contributed by atoms with Gasteiger partial charge in [-0.15, -0.1) is 0 Å². The molecule has 1 atom stereocenters. The van der Waals surface area contributed by atoms with Gasteiger partial charge in [-0.3, -0.25) is 19.9 Å². The number of carbonyl (C=O) groups excluding carboxylic acids is 1. The largest absolute Gasteiger partial charge is 0.497 e. The maximum absolute atomic E-state index is 12.3. The van der Waals surface area contributed by atoms with E-state index in [4.69, 9.17) is 4.74 Å². The molecule has 3 aromatic rings. The minimum absolute atomic E-state index is 0.0655. The van der Waals surface area contributed by atoms with E-state index in [1.165, 1.54) is 18.2 Å². The number of aliphatic hydroxyl groups excluding tert-OH is 1. The lowest BCUT2D eigenvalue weighted by atomic mass is 10.0. The van der Waals surface area contributed by atoms with E-state index in [1.807, 2.05) is 24.3 Å². The molecule has 10 heteroatoms. The van der Waals surface area contributed by atoms with Crippen molar-refractivity contribution < 1.29 is 19.6 Å². The standard InChI is InChI=1S/C25H29N5O5/c1-35-20-5-6-23-22(14-20)21(7-10-26-23)24(31)16-29-11-8-17(9-12-29)27-15-25(32)28-18-3-2-4-19(13-18)30(33)34/h2-7,10,13-14,17,24,27,31H,8-9,11-12,15-16H2,1H3,(H,28,32)/t24-/m0/s1. The van der Waals surface area contributed by atoms with Gasteiger partial charge in [-0.2, -0.15) is 0 Å². The predicted octanol–water partition coefficient (Wildman–Crippen LogP) is 2.88. The first kappa shape index (κ1) is 24.5. The number of anilines is 1. The molecule has 1 aromatic heterocycles. The molecule has 0 spiro atoms. The van der Waals surface area contributed by atoms with Crippen LogP contribution in [0.25, 0.3) is 10.9 Å². The van der Waals surface area contributed by atoms with Crippen LogP contribution in [0, 0.1) is 10.1 Å². The van der Waals surface area contributed by atoms with E-state index in [2.05, 4.69) is 20.5 Å². The third kappa shape index (κ3) is 6.30. The number of pyridine rings is 1. The number of hydrogen-bond donors (Lipinski definition) is 3. The zero-order valence-electron chi connectivity index (χ0n) is 19.5. The van der Waals surface area contributed by atoms with Crippen molar-refractivity contribution in [3.05, 3.63) is 70.4 Å². The highest BCUT2D eigenvalue weighted by Crippen LogP contribution is 2.27. The molecule has 3 N–H and O–H groups in total. The smallest absolute Gasteiger partial charge is 0.271 e. The molecule has 1 aliphatic heterocycles. The van der Waals surface area contributed by atoms with Crippen molar-refractivity contribution in [3.8, 4) is 5.75 Å². The van der Waals surface area contributed by atoms with Gasteiger partial charge in [0, 0.05) is 42.0 Å². The molecule has 35 heavy (non-hydrogen) atoms. The molecule has 2 heterocycles. The minimum atomic E-state index is -0.655. The first-order valence-electron chi connectivity index (χ1n) is 11.5. The molecule has 0 aliphatic carbocycles. The van der Waals surface area contributed by atoms with Gasteiger partial charge >= 0.3 is 0 Å². The molecule has 1 amide bonds. The van der Waals surface area contributed by atoms with Gasteiger partial charge in [0.2, 0.25) is 5.91 Å². The number of piperidine rings is 1. The van der Waals surface area contributed by atoms with Gasteiger partial charge in [0.1, 0.15) is 5.75 Å². The Morgan fingerprint density at radius 2 is 2.06 bits per heavy atom. The topological polar surface area (TPSA) is 130 Å². The minimum Gasteiger partial charge on any atom is -0.497 e. The Morgan fingerprint density at radius 1 is 1.26 bits per heavy atom. The Labute approximate surface area is 203 Å². The van der Waals surface area contributed by atoms with E-state index in [-0.39, 0.29) is 24.2 Å². The predicted molar refractivity (Wildman–Crippen MR) is 132 cm³/mol. The summed E-state index contributed by atoms with van der Waals surface area (Å²) in [5.41, 5.74) is 1.97. The molecule has 1 fully saturated rings. The number of β-amino-alcohol motifs (C(OH)–C–C–N with tert-alkyl or cyclic N) is 1. The number of ether oxygens (including phenoxy) is 1. The maximum atomic E-state index is 12.3. The van der Waals surface area contributed by atoms with Gasteiger partial charge in [0.25, 0.3) is 5.69 Å². The van der Waals surface area contributed by atoms with Crippen LogP contribution in [0.1, 0.15) is 24.5 Å². The van der Waals surface area contributed by atoms with Crippen LogP contribution in [0.4, 0.5) is 11.4 Å². The molecule has 1 saturated heterocycles. The summed E-state index contributed by atoms with van der Waals surface area (Å²) < 4.78 is 5.32. The van der Waals surface area contributed by atoms with Gasteiger partial charge < -0.3 is 25.4 Å². The zero-order valence-corrected chi connectivity index (χ0v) is 19.5. The number of amides is 1. The van der Waals surface area contributed by atoms with Crippen LogP contribution in [-0.2, 0) is 4.79 Å². The van der Waals surface area contributed by atoms with Crippen LogP contribution in [-0.4, -0.2) is 65.2 Å². The van der Waals surface area contributed by atoms with E-state index in [9.17, 15) is 20.0 Å². The number of nitro groups is 1. The van der Waals surface area contributed by atoms with Gasteiger partial charge in [-0.05, 0) is 61.8 Å². The van der Waals surface area contributed by atoms with Gasteiger partial charge in [-0.1, -0.05) is 6.07 Å². The second-order valence-corrected chi connectivity index (χ2v) is 8.61. The lowest BCUT2D eigenvalue weighted by Gasteiger charge is -2.33. The van der Waals surface area contributed by atoms with E-state index < -0.39 is 11.0 Å². The summed E-state index contributed by atoms with van der Waals surface area (Å²) in [6.45, 7) is 2.23. The summed E-state index contributed by atoms with van der Waals surface area (Å²) in [6, 6.07) is 13.6. The van der Waals surface area contributed by atoms with Crippen LogP contribution in [0.3, 0.4) is 0 Å². The van der Waals surface area contributed by atoms with Crippen LogP contribution in [0.15, 0.2) is 54.7 Å². The number of nitro benzene ring substituents is 1. The fourth-order valence-corrected chi connectivity index (χ4v) is 4.37. The summed E-state index contributed by atoms with van der Waals surface area (Å²) in [5, 5.41) is 28.7. The molecule has 10 nitrogen and oxygen atoms in total. The zero-order chi connectivity index (χ0) is 24.8. The first-order valence-corrected chi connectivity index (χ1v) is 11.5. The number of rotatable bonds is 9. The van der Waals surface area contributed by atoms with Crippen molar-refractivity contribution in [3.63, 3.8) is 0 Å². The molecule has 1 aliphatic rings.